The molecule has 0 bridgehead atoms. The van der Waals surface area contributed by atoms with Crippen LogP contribution in [0.15, 0.2) is 152 Å². The average molecular weight is 2210 g/mol. The molecular weight excluding hydrogens is 2010 g/mol. The van der Waals surface area contributed by atoms with Gasteiger partial charge in [0.15, 0.2) is 11.7 Å². The molecule has 6 N–H and O–H groups in total. The van der Waals surface area contributed by atoms with Crippen LogP contribution < -0.4 is 13.7 Å². The van der Waals surface area contributed by atoms with Crippen molar-refractivity contribution in [2.75, 3.05) is 110 Å². The quantitative estimate of drug-likeness (QED) is 0.0639. The van der Waals surface area contributed by atoms with E-state index < -0.39 is 95.3 Å². The van der Waals surface area contributed by atoms with Gasteiger partial charge >= 0.3 is 22.6 Å². The number of nitrogens with one attached hydrogen (secondary N) is 2. The predicted molar refractivity (Wildman–Crippen MR) is 619 cm³/mol. The van der Waals surface area contributed by atoms with Crippen LogP contribution in [-0.2, 0) is 99.0 Å². The Bertz CT molecular complexity index is 5240. The number of phenols is 2. The maximum Gasteiger partial charge on any atom is 0.417 e. The van der Waals surface area contributed by atoms with Crippen molar-refractivity contribution in [3.05, 3.63) is 191 Å². The fourth-order valence-electron chi connectivity index (χ4n) is 11.9. The Morgan fingerprint density at radius 2 is 0.803 bits per heavy atom. The summed E-state index contributed by atoms with van der Waals surface area (Å²) in [6, 6.07) is 49.7. The summed E-state index contributed by atoms with van der Waals surface area (Å²) in [6.45, 7) is 83.0. The average Bonchev–Trinajstić information content (AvgIpc) is 1.59. The monoisotopic (exact) mass is 2210 g/mol. The van der Waals surface area contributed by atoms with E-state index >= 15 is 0 Å². The smallest absolute Gasteiger partial charge is 0.417 e. The van der Waals surface area contributed by atoms with E-state index in [1.807, 2.05) is 180 Å². The molecule has 4 heterocycles. The van der Waals surface area contributed by atoms with Crippen LogP contribution in [0.2, 0.25) is 0 Å². The van der Waals surface area contributed by atoms with Gasteiger partial charge in [0, 0.05) is 107 Å². The Balaban J connectivity index is -0.000000238. The number of phenolic OH excluding ortho intramolecular Hbond substituents is 2. The van der Waals surface area contributed by atoms with Crippen LogP contribution >= 0.6 is 0 Å². The molecule has 0 saturated carbocycles. The van der Waals surface area contributed by atoms with Crippen LogP contribution in [0.5, 0.6) is 11.5 Å². The highest BCUT2D eigenvalue weighted by molar-refractivity contribution is 7.99. The number of anilines is 2. The van der Waals surface area contributed by atoms with E-state index in [9.17, 15) is 82.9 Å². The SMILES string of the molecule is C.C=S1(=O)Cc2ccc(C(C)(C)C)cc2C1.CC.CC.CC.CC.CC.CC(C)(C)C(C)(O)C(F)(F)F.CC(C)(C)C(O)C(F)(F)F.CC(C)(C)CN1CCNS1(=O)=O.CC(C)(C)CN1c2ccccc2NS1(=O)=O.CC(C)(C)c1cccc(O)c1.CC(C)(C)c1ccccc1.CC(C)(C)c1ccccc1.CC(C)(C)c1ccccc1O.CN(C)S(=O)(=O)N(C)C.CN(C)S(=O)(=O)N(C)CC(C)(C)C.CN1CCCS1(=O)=O. The summed E-state index contributed by atoms with van der Waals surface area (Å²) in [5.74, 6) is 6.19. The van der Waals surface area contributed by atoms with Gasteiger partial charge in [-0.2, -0.15) is 81.5 Å². The fraction of sp³-hybridized carbons (Fsp3) is 0.667. The third kappa shape index (κ3) is 63.1. The Labute approximate surface area is 895 Å². The Morgan fingerprint density at radius 3 is 1.06 bits per heavy atom. The van der Waals surface area contributed by atoms with Crippen LogP contribution in [0.25, 0.3) is 0 Å². The zero-order valence-electron chi connectivity index (χ0n) is 98.9. The zero-order chi connectivity index (χ0) is 118. The summed E-state index contributed by atoms with van der Waals surface area (Å²) in [5, 5.41) is 36.3. The van der Waals surface area contributed by atoms with Gasteiger partial charge in [-0.25, -0.2) is 17.4 Å². The lowest BCUT2D eigenvalue weighted by Gasteiger charge is -2.38. The molecule has 147 heavy (non-hydrogen) atoms. The minimum Gasteiger partial charge on any atom is -0.508 e. The van der Waals surface area contributed by atoms with Crippen LogP contribution in [-0.4, -0.2) is 224 Å². The Hall–Kier alpha value is -6.49. The molecule has 4 aliphatic heterocycles. The second kappa shape index (κ2) is 65.9. The molecule has 2 fully saturated rings. The van der Waals surface area contributed by atoms with Gasteiger partial charge in [-0.3, -0.25) is 13.2 Å². The first-order chi connectivity index (χ1) is 65.4. The highest BCUT2D eigenvalue weighted by Crippen LogP contribution is 2.44. The van der Waals surface area contributed by atoms with Gasteiger partial charge in [0.2, 0.25) is 10.0 Å². The highest BCUT2D eigenvalue weighted by atomic mass is 32.2. The number of aliphatic hydroxyl groups is 2. The first-order valence-electron chi connectivity index (χ1n) is 49.9. The van der Waals surface area contributed by atoms with Gasteiger partial charge in [-0.1, -0.05) is 406 Å². The van der Waals surface area contributed by atoms with Crippen molar-refractivity contribution in [1.82, 2.24) is 30.6 Å². The normalized spacial score (nSPS) is 16.3. The number of sulfonamides is 1. The summed E-state index contributed by atoms with van der Waals surface area (Å²) in [6.07, 6.45) is -10.5. The maximum atomic E-state index is 12.1. The topological polar surface area (TPSA) is 315 Å². The lowest BCUT2D eigenvalue weighted by atomic mass is 9.77. The van der Waals surface area contributed by atoms with Gasteiger partial charge < -0.3 is 20.4 Å². The van der Waals surface area contributed by atoms with E-state index in [0.717, 1.165) is 38.8 Å². The van der Waals surface area contributed by atoms with E-state index in [2.05, 4.69) is 198 Å². The summed E-state index contributed by atoms with van der Waals surface area (Å²) >= 11 is 0. The van der Waals surface area contributed by atoms with Gasteiger partial charge in [0.25, 0.3) is 30.6 Å². The summed E-state index contributed by atoms with van der Waals surface area (Å²) in [7, 11) is -5.32. The summed E-state index contributed by atoms with van der Waals surface area (Å²) < 4.78 is 210. The third-order valence-corrected chi connectivity index (χ3v) is 30.8. The number of aliphatic hydroxyl groups excluding tert-OH is 1. The van der Waals surface area contributed by atoms with Crippen molar-refractivity contribution in [2.45, 2.75) is 360 Å². The minimum atomic E-state index is -4.56. The van der Waals surface area contributed by atoms with Crippen molar-refractivity contribution in [3.63, 3.8) is 0 Å². The number of fused-ring (bicyclic) bond motifs is 2. The molecule has 2 saturated heterocycles. The van der Waals surface area contributed by atoms with Crippen molar-refractivity contribution in [1.29, 1.82) is 0 Å². The second-order valence-corrected chi connectivity index (χ2v) is 58.2. The number of nitrogens with zero attached hydrogens (tertiary/aromatic N) is 7. The molecule has 0 aliphatic carbocycles. The zero-order valence-corrected chi connectivity index (χ0v) is 104. The third-order valence-electron chi connectivity index (χ3n) is 20.5. The lowest BCUT2D eigenvalue weighted by molar-refractivity contribution is -0.286. The molecule has 4 aliphatic rings. The van der Waals surface area contributed by atoms with Gasteiger partial charge in [0.1, 0.15) is 11.5 Å². The number of hydrogen-bond donors (Lipinski definition) is 6. The summed E-state index contributed by atoms with van der Waals surface area (Å²) in [5.41, 5.74) is 6.04. The van der Waals surface area contributed by atoms with Gasteiger partial charge in [0.05, 0.1) is 17.1 Å². The lowest BCUT2D eigenvalue weighted by Crippen LogP contribution is -2.52. The number of alkyl halides is 6. The Morgan fingerprint density at radius 1 is 0.435 bits per heavy atom. The molecule has 36 heteroatoms. The first kappa shape index (κ1) is 156. The van der Waals surface area contributed by atoms with E-state index in [0.29, 0.717) is 84.5 Å². The number of halogens is 6. The van der Waals surface area contributed by atoms with Crippen LogP contribution in [0.1, 0.15) is 337 Å². The molecule has 6 aromatic rings. The van der Waals surface area contributed by atoms with E-state index in [1.165, 1.54) is 133 Å². The summed E-state index contributed by atoms with van der Waals surface area (Å²) in [4.78, 5) is 0. The number of hydrogen-bond acceptors (Lipinski definition) is 15. The van der Waals surface area contributed by atoms with Crippen LogP contribution in [0, 0.1) is 27.1 Å². The van der Waals surface area contributed by atoms with E-state index in [4.69, 9.17) is 10.2 Å². The fourth-order valence-corrected chi connectivity index (χ4v) is 19.6. The molecular formula is C111H205F6N9O15S6. The van der Waals surface area contributed by atoms with Crippen molar-refractivity contribution in [3.8, 4) is 11.5 Å². The molecule has 3 unspecified atom stereocenters. The largest absolute Gasteiger partial charge is 0.508 e. The Kier molecular flexibility index (Phi) is 69.8. The molecule has 24 nitrogen and oxygen atoms in total. The molecule has 0 aromatic heterocycles. The molecule has 3 atom stereocenters. The molecule has 0 amide bonds. The minimum absolute atomic E-state index is 0. The van der Waals surface area contributed by atoms with Crippen LogP contribution in [0.4, 0.5) is 37.7 Å². The molecule has 0 radical (unpaired) electrons. The number of rotatable bonds is 7. The first-order valence-corrected chi connectivity index (χ1v) is 59.2. The van der Waals surface area contributed by atoms with Crippen molar-refractivity contribution < 1.29 is 93.1 Å². The molecule has 6 aromatic carbocycles. The highest BCUT2D eigenvalue weighted by Gasteiger charge is 2.57. The van der Waals surface area contributed by atoms with Crippen molar-refractivity contribution >= 4 is 77.6 Å². The van der Waals surface area contributed by atoms with Gasteiger partial charge in [-0.15, -0.1) is 0 Å². The predicted octanol–water partition coefficient (Wildman–Crippen LogP) is 26.3. The number of aromatic hydroxyl groups is 2. The maximum absolute atomic E-state index is 12.1. The van der Waals surface area contributed by atoms with Crippen LogP contribution in [0.3, 0.4) is 0 Å². The second-order valence-electron chi connectivity index (χ2n) is 45.6. The standard InChI is InChI=1S/C13H18OS.C11H16N2O2S.2C10H14O.2C10H14.C8H20N2O2S.C7H13F3O.C7H16N2O2S.C6H11F3O.C4H12N2O2S.C4H9NO2S.5C2H6.CH4/c1-13(2,3)12-6-5-10-8-15(4,14)9-11(10)7-12;1-11(2,3)8-13-10-7-5-4-6-9(10)12-16(13,14)15;1-10(2,3)8-5-4-6-9(11)7-8;1-10(2,3)8-6-4-5-7-9(8)11;2*1-10(2,3)9-7-5-4-6-8-9;1-8(2,3)7-10(6)13(11,12)9(4)5;1-5(2,3)6(4,11)7(8,9)10;1-7(2,3)6-9-5-4-8-12(9,10)11;1-5(2,3)4(10)6(7,8)9;1-5(2)9(7,8)6(3)4;1-5-3-2-4-8(5,6)7;5*1-2;/h5-7H,4,8-9H2,1-3H3;4-7,12H,8H2,1-3H3;2*4-7,11H,1-3H3;2*4-8H,1-3H3;7H2,1-6H3;11H,1-4H3;8H,4-6H2,1-3H3;4,10H,1-3H3;1-4H3;2-4H2,1H3;5*1-2H3;1H4. The van der Waals surface area contributed by atoms with E-state index in [-0.39, 0.29) is 39.9 Å². The molecule has 0 spiro atoms. The van der Waals surface area contributed by atoms with Crippen molar-refractivity contribution in [2.24, 2.45) is 27.1 Å². The van der Waals surface area contributed by atoms with E-state index in [1.54, 1.807) is 38.4 Å². The number of para-hydroxylation sites is 3. The molecule has 862 valence electrons. The van der Waals surface area contributed by atoms with Gasteiger partial charge in [-0.05, 0) is 152 Å². The number of benzene rings is 6. The molecule has 10 rings (SSSR count).